The molecule has 1 unspecified atom stereocenters. The highest BCUT2D eigenvalue weighted by atomic mass is 16.2. The molecule has 7 heteroatoms. The maximum Gasteiger partial charge on any atom is 0.243 e. The number of hydrogen-bond acceptors (Lipinski definition) is 5. The second-order valence-electron chi connectivity index (χ2n) is 8.73. The average molecular weight is 397 g/mol. The lowest BCUT2D eigenvalue weighted by molar-refractivity contribution is -0.123. The number of nitrogens with one attached hydrogen (secondary N) is 1. The van der Waals surface area contributed by atoms with Crippen LogP contribution in [-0.4, -0.2) is 50.1 Å². The number of hydrogen-bond donors (Lipinski definition) is 1. The highest BCUT2D eigenvalue weighted by Crippen LogP contribution is 2.20. The minimum absolute atomic E-state index is 0.0352. The predicted octanol–water partition coefficient (Wildman–Crippen LogP) is 3.02. The lowest BCUT2D eigenvalue weighted by atomic mass is 9.95. The third-order valence-electron chi connectivity index (χ3n) is 6.07. The molecule has 4 rings (SSSR count). The molecule has 156 valence electrons. The smallest absolute Gasteiger partial charge is 0.243 e. The highest BCUT2D eigenvalue weighted by Gasteiger charge is 2.18. The van der Waals surface area contributed by atoms with E-state index in [-0.39, 0.29) is 12.5 Å². The molecular formula is C22H32N6O. The van der Waals surface area contributed by atoms with E-state index < -0.39 is 0 Å². The van der Waals surface area contributed by atoms with Crippen LogP contribution in [0.4, 0.5) is 0 Å². The van der Waals surface area contributed by atoms with E-state index in [4.69, 9.17) is 0 Å². The third kappa shape index (κ3) is 5.63. The number of tetrazole rings is 1. The van der Waals surface area contributed by atoms with Crippen molar-refractivity contribution in [2.24, 2.45) is 5.92 Å². The van der Waals surface area contributed by atoms with E-state index >= 15 is 0 Å². The van der Waals surface area contributed by atoms with Crippen LogP contribution in [0.5, 0.6) is 0 Å². The second kappa shape index (κ2) is 9.48. The van der Waals surface area contributed by atoms with E-state index in [1.807, 2.05) is 12.1 Å². The Kier molecular flexibility index (Phi) is 6.54. The number of nitrogens with zero attached hydrogens (tertiary/aromatic N) is 5. The van der Waals surface area contributed by atoms with Crippen molar-refractivity contribution in [3.8, 4) is 11.4 Å². The Morgan fingerprint density at radius 2 is 1.90 bits per heavy atom. The van der Waals surface area contributed by atoms with Crippen molar-refractivity contribution < 1.29 is 4.79 Å². The number of amides is 1. The molecule has 2 heterocycles. The first-order valence-electron chi connectivity index (χ1n) is 11.0. The van der Waals surface area contributed by atoms with Crippen molar-refractivity contribution in [1.29, 1.82) is 0 Å². The first-order chi connectivity index (χ1) is 14.2. The van der Waals surface area contributed by atoms with E-state index in [0.29, 0.717) is 11.9 Å². The summed E-state index contributed by atoms with van der Waals surface area (Å²) < 4.78 is 0. The van der Waals surface area contributed by atoms with Gasteiger partial charge in [-0.1, -0.05) is 50.5 Å². The summed E-state index contributed by atoms with van der Waals surface area (Å²) in [4.78, 5) is 16.2. The van der Waals surface area contributed by atoms with Crippen molar-refractivity contribution in [2.75, 3.05) is 13.1 Å². The van der Waals surface area contributed by atoms with Crippen LogP contribution in [0, 0.1) is 5.92 Å². The molecule has 0 bridgehead atoms. The maximum absolute atomic E-state index is 12.2. The van der Waals surface area contributed by atoms with Gasteiger partial charge in [0, 0.05) is 24.7 Å². The van der Waals surface area contributed by atoms with Crippen molar-refractivity contribution in [1.82, 2.24) is 30.4 Å². The second-order valence-corrected chi connectivity index (χ2v) is 8.73. The largest absolute Gasteiger partial charge is 0.352 e. The minimum Gasteiger partial charge on any atom is -0.352 e. The van der Waals surface area contributed by atoms with Gasteiger partial charge in [-0.3, -0.25) is 9.69 Å². The maximum atomic E-state index is 12.2. The molecule has 1 saturated carbocycles. The van der Waals surface area contributed by atoms with E-state index in [1.165, 1.54) is 55.6 Å². The standard InChI is InChI=1S/C22H32N6O/c1-17-6-5-13-27(14-17)15-18-9-11-19(12-10-18)22-24-26-28(25-22)16-21(29)23-20-7-3-2-4-8-20/h9-12,17,20H,2-8,13-16H2,1H3,(H,23,29). The van der Waals surface area contributed by atoms with Crippen LogP contribution in [0.3, 0.4) is 0 Å². The fraction of sp³-hybridized carbons (Fsp3) is 0.636. The zero-order chi connectivity index (χ0) is 20.1. The molecule has 29 heavy (non-hydrogen) atoms. The Balaban J connectivity index is 1.31. The summed E-state index contributed by atoms with van der Waals surface area (Å²) >= 11 is 0. The zero-order valence-corrected chi connectivity index (χ0v) is 17.4. The monoisotopic (exact) mass is 396 g/mol. The molecule has 2 aromatic rings. The minimum atomic E-state index is -0.0352. The summed E-state index contributed by atoms with van der Waals surface area (Å²) in [6.45, 7) is 5.81. The van der Waals surface area contributed by atoms with Crippen LogP contribution < -0.4 is 5.32 Å². The molecule has 2 aliphatic rings. The van der Waals surface area contributed by atoms with Crippen LogP contribution in [-0.2, 0) is 17.9 Å². The summed E-state index contributed by atoms with van der Waals surface area (Å²) in [5.74, 6) is 1.32. The van der Waals surface area contributed by atoms with E-state index in [0.717, 1.165) is 30.9 Å². The number of likely N-dealkylation sites (tertiary alicyclic amines) is 1. The number of piperidine rings is 1. The summed E-state index contributed by atoms with van der Waals surface area (Å²) in [5, 5.41) is 15.7. The highest BCUT2D eigenvalue weighted by molar-refractivity contribution is 5.75. The van der Waals surface area contributed by atoms with Gasteiger partial charge >= 0.3 is 0 Å². The van der Waals surface area contributed by atoms with Crippen LogP contribution in [0.1, 0.15) is 57.4 Å². The number of carbonyl (C=O) groups excluding carboxylic acids is 1. The van der Waals surface area contributed by atoms with Crippen LogP contribution in [0.15, 0.2) is 24.3 Å². The molecule has 1 saturated heterocycles. The molecule has 1 aliphatic carbocycles. The number of rotatable bonds is 6. The summed E-state index contributed by atoms with van der Waals surface area (Å²) in [6.07, 6.45) is 8.45. The van der Waals surface area contributed by atoms with Gasteiger partial charge in [0.25, 0.3) is 0 Å². The zero-order valence-electron chi connectivity index (χ0n) is 17.4. The van der Waals surface area contributed by atoms with Gasteiger partial charge in [-0.05, 0) is 48.9 Å². The molecule has 1 aromatic carbocycles. The Bertz CT molecular complexity index is 796. The van der Waals surface area contributed by atoms with Gasteiger partial charge in [0.05, 0.1) is 0 Å². The number of carbonyl (C=O) groups is 1. The van der Waals surface area contributed by atoms with Gasteiger partial charge in [0.2, 0.25) is 11.7 Å². The lowest BCUT2D eigenvalue weighted by Crippen LogP contribution is -2.38. The SMILES string of the molecule is CC1CCCN(Cc2ccc(-c3nnn(CC(=O)NC4CCCCC4)n3)cc2)C1. The fourth-order valence-corrected chi connectivity index (χ4v) is 4.52. The van der Waals surface area contributed by atoms with Gasteiger partial charge < -0.3 is 5.32 Å². The van der Waals surface area contributed by atoms with Crippen molar-refractivity contribution >= 4 is 5.91 Å². The van der Waals surface area contributed by atoms with Gasteiger partial charge in [-0.2, -0.15) is 4.80 Å². The molecule has 1 amide bonds. The molecule has 1 aliphatic heterocycles. The Labute approximate surface area is 172 Å². The summed E-state index contributed by atoms with van der Waals surface area (Å²) in [6, 6.07) is 8.68. The van der Waals surface area contributed by atoms with Crippen molar-refractivity contribution in [3.63, 3.8) is 0 Å². The third-order valence-corrected chi connectivity index (χ3v) is 6.07. The van der Waals surface area contributed by atoms with E-state index in [1.54, 1.807) is 0 Å². The van der Waals surface area contributed by atoms with Crippen LogP contribution in [0.25, 0.3) is 11.4 Å². The summed E-state index contributed by atoms with van der Waals surface area (Å²) in [5.41, 5.74) is 2.24. The Morgan fingerprint density at radius 3 is 2.66 bits per heavy atom. The predicted molar refractivity (Wildman–Crippen MR) is 112 cm³/mol. The van der Waals surface area contributed by atoms with Crippen LogP contribution in [0.2, 0.25) is 0 Å². The molecule has 1 N–H and O–H groups in total. The molecule has 1 aromatic heterocycles. The fourth-order valence-electron chi connectivity index (χ4n) is 4.52. The topological polar surface area (TPSA) is 75.9 Å². The van der Waals surface area contributed by atoms with E-state index in [2.05, 4.69) is 44.7 Å². The van der Waals surface area contributed by atoms with Crippen LogP contribution >= 0.6 is 0 Å². The van der Waals surface area contributed by atoms with Gasteiger partial charge in [-0.25, -0.2) is 0 Å². The Hall–Kier alpha value is -2.28. The van der Waals surface area contributed by atoms with Gasteiger partial charge in [-0.15, -0.1) is 10.2 Å². The number of benzene rings is 1. The molecule has 2 fully saturated rings. The van der Waals surface area contributed by atoms with Gasteiger partial charge in [0.15, 0.2) is 0 Å². The average Bonchev–Trinajstić information content (AvgIpc) is 3.17. The molecule has 0 spiro atoms. The quantitative estimate of drug-likeness (QED) is 0.812. The Morgan fingerprint density at radius 1 is 1.10 bits per heavy atom. The summed E-state index contributed by atoms with van der Waals surface area (Å²) in [7, 11) is 0. The van der Waals surface area contributed by atoms with E-state index in [9.17, 15) is 4.79 Å². The van der Waals surface area contributed by atoms with Crippen molar-refractivity contribution in [2.45, 2.75) is 71.0 Å². The first-order valence-corrected chi connectivity index (χ1v) is 11.0. The molecule has 1 atom stereocenters. The van der Waals surface area contributed by atoms with Gasteiger partial charge in [0.1, 0.15) is 6.54 Å². The normalized spacial score (nSPS) is 21.2. The lowest BCUT2D eigenvalue weighted by Gasteiger charge is -2.30. The first kappa shape index (κ1) is 20.0. The molecule has 7 nitrogen and oxygen atoms in total. The van der Waals surface area contributed by atoms with Crippen molar-refractivity contribution in [3.05, 3.63) is 29.8 Å². The molecular weight excluding hydrogens is 364 g/mol. The molecule has 0 radical (unpaired) electrons. The number of aromatic nitrogens is 4.